The zero-order valence-electron chi connectivity index (χ0n) is 16.6. The molecule has 1 aromatic heterocycles. The molecule has 1 fully saturated rings. The molecule has 0 unspecified atom stereocenters. The van der Waals surface area contributed by atoms with Gasteiger partial charge in [-0.3, -0.25) is 9.69 Å². The summed E-state index contributed by atoms with van der Waals surface area (Å²) in [6, 6.07) is 8.64. The minimum absolute atomic E-state index is 0.0632. The summed E-state index contributed by atoms with van der Waals surface area (Å²) < 4.78 is 1.66. The summed E-state index contributed by atoms with van der Waals surface area (Å²) >= 11 is 0. The van der Waals surface area contributed by atoms with Crippen molar-refractivity contribution in [1.82, 2.24) is 14.4 Å². The van der Waals surface area contributed by atoms with Crippen molar-refractivity contribution in [1.29, 1.82) is 0 Å². The van der Waals surface area contributed by atoms with Gasteiger partial charge in [0.2, 0.25) is 0 Å². The van der Waals surface area contributed by atoms with Gasteiger partial charge >= 0.3 is 0 Å². The van der Waals surface area contributed by atoms with Gasteiger partial charge in [-0.25, -0.2) is 0 Å². The van der Waals surface area contributed by atoms with Gasteiger partial charge in [0.05, 0.1) is 0 Å². The molecule has 26 heavy (non-hydrogen) atoms. The lowest BCUT2D eigenvalue weighted by molar-refractivity contribution is 0.148. The van der Waals surface area contributed by atoms with Crippen LogP contribution in [0.15, 0.2) is 35.3 Å². The maximum Gasteiger partial charge on any atom is 0.253 e. The highest BCUT2D eigenvalue weighted by Gasteiger charge is 2.16. The molecule has 1 aromatic carbocycles. The van der Waals surface area contributed by atoms with E-state index in [1.807, 2.05) is 26.2 Å². The molecule has 2 heterocycles. The van der Waals surface area contributed by atoms with Crippen LogP contribution in [0.4, 0.5) is 5.69 Å². The molecule has 3 rings (SSSR count). The first-order chi connectivity index (χ1) is 12.3. The maximum absolute atomic E-state index is 12.0. The van der Waals surface area contributed by atoms with Crippen LogP contribution in [0, 0.1) is 6.92 Å². The average molecular weight is 354 g/mol. The van der Waals surface area contributed by atoms with E-state index < -0.39 is 0 Å². The summed E-state index contributed by atoms with van der Waals surface area (Å²) in [7, 11) is 8.19. The van der Waals surface area contributed by atoms with Crippen LogP contribution in [0.1, 0.15) is 11.1 Å². The molecule has 0 atom stereocenters. The van der Waals surface area contributed by atoms with Crippen molar-refractivity contribution in [2.75, 3.05) is 52.2 Å². The Labute approximate surface area is 156 Å². The SMILES string of the molecule is Cc1cc(-c2ccc(CN3CCN(C)CC3)c(N(C)C)c2)cn(C)c1=O. The lowest BCUT2D eigenvalue weighted by atomic mass is 10.0. The van der Waals surface area contributed by atoms with E-state index in [0.29, 0.717) is 0 Å². The monoisotopic (exact) mass is 354 g/mol. The summed E-state index contributed by atoms with van der Waals surface area (Å²) in [4.78, 5) is 19.1. The lowest BCUT2D eigenvalue weighted by Gasteiger charge is -2.33. The van der Waals surface area contributed by atoms with Gasteiger partial charge in [-0.1, -0.05) is 12.1 Å². The first-order valence-corrected chi connectivity index (χ1v) is 9.24. The molecule has 1 aliphatic heterocycles. The van der Waals surface area contributed by atoms with E-state index in [2.05, 4.69) is 54.0 Å². The molecular formula is C21H30N4O. The van der Waals surface area contributed by atoms with Crippen LogP contribution in [0.5, 0.6) is 0 Å². The number of pyridine rings is 1. The van der Waals surface area contributed by atoms with E-state index in [9.17, 15) is 4.79 Å². The summed E-state index contributed by atoms with van der Waals surface area (Å²) in [5, 5.41) is 0. The Kier molecular flexibility index (Phi) is 5.49. The Morgan fingerprint density at radius 1 is 1.00 bits per heavy atom. The molecule has 5 nitrogen and oxygen atoms in total. The molecule has 0 aliphatic carbocycles. The fraction of sp³-hybridized carbons (Fsp3) is 0.476. The second-order valence-corrected chi connectivity index (χ2v) is 7.65. The second-order valence-electron chi connectivity index (χ2n) is 7.65. The average Bonchev–Trinajstić information content (AvgIpc) is 2.61. The number of anilines is 1. The summed E-state index contributed by atoms with van der Waals surface area (Å²) in [6.45, 7) is 7.35. The molecule has 0 N–H and O–H groups in total. The van der Waals surface area contributed by atoms with Crippen molar-refractivity contribution in [3.63, 3.8) is 0 Å². The maximum atomic E-state index is 12.0. The number of piperazine rings is 1. The molecule has 0 radical (unpaired) electrons. The van der Waals surface area contributed by atoms with Crippen molar-refractivity contribution >= 4 is 5.69 Å². The highest BCUT2D eigenvalue weighted by molar-refractivity contribution is 5.70. The van der Waals surface area contributed by atoms with Gasteiger partial charge in [-0.2, -0.15) is 0 Å². The predicted octanol–water partition coefficient (Wildman–Crippen LogP) is 2.17. The van der Waals surface area contributed by atoms with E-state index in [1.165, 1.54) is 11.3 Å². The zero-order valence-corrected chi connectivity index (χ0v) is 16.6. The van der Waals surface area contributed by atoms with E-state index >= 15 is 0 Å². The normalized spacial score (nSPS) is 16.0. The number of hydrogen-bond donors (Lipinski definition) is 0. The fourth-order valence-corrected chi connectivity index (χ4v) is 3.58. The van der Waals surface area contributed by atoms with Crippen LogP contribution in [0.2, 0.25) is 0 Å². The van der Waals surface area contributed by atoms with Crippen molar-refractivity contribution in [2.45, 2.75) is 13.5 Å². The summed E-state index contributed by atoms with van der Waals surface area (Å²) in [6.07, 6.45) is 1.92. The summed E-state index contributed by atoms with van der Waals surface area (Å²) in [5.74, 6) is 0. The number of hydrogen-bond acceptors (Lipinski definition) is 4. The Morgan fingerprint density at radius 3 is 2.31 bits per heavy atom. The van der Waals surface area contributed by atoms with Crippen molar-refractivity contribution < 1.29 is 0 Å². The van der Waals surface area contributed by atoms with Gasteiger partial charge in [-0.15, -0.1) is 0 Å². The van der Waals surface area contributed by atoms with Gasteiger partial charge in [-0.05, 0) is 42.8 Å². The van der Waals surface area contributed by atoms with Gasteiger partial charge in [0, 0.05) is 71.3 Å². The number of likely N-dealkylation sites (N-methyl/N-ethyl adjacent to an activating group) is 1. The Balaban J connectivity index is 1.91. The Hall–Kier alpha value is -2.11. The Bertz CT molecular complexity index is 806. The molecule has 1 aliphatic rings. The highest BCUT2D eigenvalue weighted by atomic mass is 16.1. The molecule has 1 saturated heterocycles. The number of aromatic nitrogens is 1. The third kappa shape index (κ3) is 4.00. The molecule has 140 valence electrons. The number of benzene rings is 1. The smallest absolute Gasteiger partial charge is 0.253 e. The first kappa shape index (κ1) is 18.7. The second kappa shape index (κ2) is 7.64. The molecule has 0 spiro atoms. The molecule has 2 aromatic rings. The quantitative estimate of drug-likeness (QED) is 0.842. The minimum atomic E-state index is 0.0632. The molecular weight excluding hydrogens is 324 g/mol. The number of rotatable bonds is 4. The fourth-order valence-electron chi connectivity index (χ4n) is 3.58. The molecule has 0 bridgehead atoms. The van der Waals surface area contributed by atoms with E-state index in [4.69, 9.17) is 0 Å². The Morgan fingerprint density at radius 2 is 1.69 bits per heavy atom. The summed E-state index contributed by atoms with van der Waals surface area (Å²) in [5.41, 5.74) is 5.66. The van der Waals surface area contributed by atoms with Gasteiger partial charge in [0.1, 0.15) is 0 Å². The van der Waals surface area contributed by atoms with Crippen LogP contribution in [0.3, 0.4) is 0 Å². The highest BCUT2D eigenvalue weighted by Crippen LogP contribution is 2.28. The number of aryl methyl sites for hydroxylation is 2. The third-order valence-electron chi connectivity index (χ3n) is 5.25. The molecule has 0 amide bonds. The predicted molar refractivity (Wildman–Crippen MR) is 109 cm³/mol. The van der Waals surface area contributed by atoms with E-state index in [1.54, 1.807) is 4.57 Å². The number of nitrogens with zero attached hydrogens (tertiary/aromatic N) is 4. The van der Waals surface area contributed by atoms with Gasteiger partial charge in [0.15, 0.2) is 0 Å². The third-order valence-corrected chi connectivity index (χ3v) is 5.25. The van der Waals surface area contributed by atoms with Crippen molar-refractivity contribution in [3.8, 4) is 11.1 Å². The van der Waals surface area contributed by atoms with Crippen LogP contribution < -0.4 is 10.5 Å². The van der Waals surface area contributed by atoms with Crippen LogP contribution >= 0.6 is 0 Å². The van der Waals surface area contributed by atoms with Gasteiger partial charge < -0.3 is 14.4 Å². The largest absolute Gasteiger partial charge is 0.377 e. The van der Waals surface area contributed by atoms with Crippen LogP contribution in [-0.4, -0.2) is 61.7 Å². The van der Waals surface area contributed by atoms with Crippen molar-refractivity contribution in [3.05, 3.63) is 51.9 Å². The van der Waals surface area contributed by atoms with E-state index in [0.717, 1.165) is 49.4 Å². The topological polar surface area (TPSA) is 31.7 Å². The van der Waals surface area contributed by atoms with E-state index in [-0.39, 0.29) is 5.56 Å². The van der Waals surface area contributed by atoms with Crippen LogP contribution in [-0.2, 0) is 13.6 Å². The van der Waals surface area contributed by atoms with Gasteiger partial charge in [0.25, 0.3) is 5.56 Å². The van der Waals surface area contributed by atoms with Crippen LogP contribution in [0.25, 0.3) is 11.1 Å². The standard InChI is InChI=1S/C21H30N4O/c1-16-12-19(14-24(5)21(16)26)17-6-7-18(20(13-17)22(2)3)15-25-10-8-23(4)9-11-25/h6-7,12-14H,8-11,15H2,1-5H3. The van der Waals surface area contributed by atoms with Crippen molar-refractivity contribution in [2.24, 2.45) is 7.05 Å². The first-order valence-electron chi connectivity index (χ1n) is 9.24. The molecule has 0 saturated carbocycles. The zero-order chi connectivity index (χ0) is 18.8. The minimum Gasteiger partial charge on any atom is -0.377 e. The molecule has 5 heteroatoms. The lowest BCUT2D eigenvalue weighted by Crippen LogP contribution is -2.44.